The number of hydrogen-bond acceptors (Lipinski definition) is 3. The molecule has 1 aromatic rings. The number of benzene rings is 1. The Hall–Kier alpha value is -1.55. The van der Waals surface area contributed by atoms with Gasteiger partial charge in [0.1, 0.15) is 0 Å². The van der Waals surface area contributed by atoms with E-state index in [2.05, 4.69) is 0 Å². The number of ether oxygens (including phenoxy) is 1. The van der Waals surface area contributed by atoms with Crippen LogP contribution in [0.5, 0.6) is 0 Å². The lowest BCUT2D eigenvalue weighted by molar-refractivity contribution is -0.0303. The van der Waals surface area contributed by atoms with Crippen molar-refractivity contribution in [2.45, 2.75) is 32.0 Å². The molecule has 2 fully saturated rings. The van der Waals surface area contributed by atoms with E-state index in [-0.39, 0.29) is 18.1 Å². The van der Waals surface area contributed by atoms with Crippen LogP contribution in [-0.2, 0) is 4.74 Å². The fraction of sp³-hybridized carbons (Fsp3) is 0.500. The normalized spacial score (nSPS) is 26.4. The molecule has 2 aliphatic heterocycles. The number of carbonyl (C=O) groups excluding carboxylic acids is 1. The Morgan fingerprint density at radius 3 is 2.67 bits per heavy atom. The molecule has 0 radical (unpaired) electrons. The molecule has 2 aliphatic rings. The fourth-order valence-corrected chi connectivity index (χ4v) is 2.81. The smallest absolute Gasteiger partial charge is 0.256 e. The summed E-state index contributed by atoms with van der Waals surface area (Å²) in [4.78, 5) is 14.4. The van der Waals surface area contributed by atoms with Gasteiger partial charge in [-0.2, -0.15) is 0 Å². The molecule has 2 saturated heterocycles. The molecule has 4 nitrogen and oxygen atoms in total. The van der Waals surface area contributed by atoms with Gasteiger partial charge in [-0.05, 0) is 31.9 Å². The highest BCUT2D eigenvalue weighted by atomic mass is 16.5. The van der Waals surface area contributed by atoms with E-state index in [0.717, 1.165) is 18.4 Å². The number of aryl methyl sites for hydroxylation is 1. The summed E-state index contributed by atoms with van der Waals surface area (Å²) < 4.78 is 5.74. The Morgan fingerprint density at radius 2 is 2.00 bits per heavy atom. The van der Waals surface area contributed by atoms with Crippen molar-refractivity contribution in [1.29, 1.82) is 0 Å². The first-order valence-electron chi connectivity index (χ1n) is 6.44. The zero-order valence-electron chi connectivity index (χ0n) is 10.6. The molecule has 0 aromatic heterocycles. The second-order valence-corrected chi connectivity index (χ2v) is 5.26. The van der Waals surface area contributed by atoms with Crippen LogP contribution in [0.2, 0.25) is 0 Å². The Bertz CT molecular complexity index is 475. The molecule has 0 spiro atoms. The minimum atomic E-state index is 0.0383. The first-order valence-corrected chi connectivity index (χ1v) is 6.44. The molecule has 1 amide bonds. The van der Waals surface area contributed by atoms with Gasteiger partial charge in [-0.3, -0.25) is 4.79 Å². The van der Waals surface area contributed by atoms with Crippen LogP contribution in [0.25, 0.3) is 0 Å². The number of fused-ring (bicyclic) bond motifs is 2. The van der Waals surface area contributed by atoms with E-state index in [4.69, 9.17) is 10.5 Å². The second kappa shape index (κ2) is 4.28. The lowest BCUT2D eigenvalue weighted by atomic mass is 10.1. The van der Waals surface area contributed by atoms with Gasteiger partial charge < -0.3 is 15.4 Å². The van der Waals surface area contributed by atoms with Gasteiger partial charge in [-0.25, -0.2) is 0 Å². The van der Waals surface area contributed by atoms with Gasteiger partial charge in [0.2, 0.25) is 0 Å². The number of nitrogens with two attached hydrogens (primary N) is 1. The van der Waals surface area contributed by atoms with Crippen molar-refractivity contribution in [3.63, 3.8) is 0 Å². The highest BCUT2D eigenvalue weighted by Crippen LogP contribution is 2.28. The first-order chi connectivity index (χ1) is 8.63. The number of likely N-dealkylation sites (tertiary alicyclic amines) is 1. The van der Waals surface area contributed by atoms with Crippen LogP contribution in [-0.4, -0.2) is 36.1 Å². The van der Waals surface area contributed by atoms with Gasteiger partial charge in [0.25, 0.3) is 5.91 Å². The Kier molecular flexibility index (Phi) is 2.74. The van der Waals surface area contributed by atoms with Crippen LogP contribution in [0.15, 0.2) is 18.2 Å². The zero-order chi connectivity index (χ0) is 12.7. The molecule has 0 saturated carbocycles. The summed E-state index contributed by atoms with van der Waals surface area (Å²) in [7, 11) is 0. The molecule has 2 unspecified atom stereocenters. The van der Waals surface area contributed by atoms with E-state index in [0.29, 0.717) is 24.3 Å². The number of carbonyl (C=O) groups is 1. The maximum atomic E-state index is 12.5. The number of nitrogens with zero attached hydrogens (tertiary/aromatic N) is 1. The van der Waals surface area contributed by atoms with Crippen molar-refractivity contribution < 1.29 is 9.53 Å². The summed E-state index contributed by atoms with van der Waals surface area (Å²) in [6, 6.07) is 5.60. The fourth-order valence-electron chi connectivity index (χ4n) is 2.81. The summed E-state index contributed by atoms with van der Waals surface area (Å²) in [5.41, 5.74) is 8.14. The van der Waals surface area contributed by atoms with Crippen molar-refractivity contribution in [2.75, 3.05) is 18.8 Å². The van der Waals surface area contributed by atoms with Crippen molar-refractivity contribution in [3.8, 4) is 0 Å². The highest BCUT2D eigenvalue weighted by Gasteiger charge is 2.36. The summed E-state index contributed by atoms with van der Waals surface area (Å²) in [6.45, 7) is 3.37. The minimum Gasteiger partial charge on any atom is -0.398 e. The summed E-state index contributed by atoms with van der Waals surface area (Å²) >= 11 is 0. The van der Waals surface area contributed by atoms with Crippen molar-refractivity contribution in [3.05, 3.63) is 29.3 Å². The van der Waals surface area contributed by atoms with Crippen LogP contribution >= 0.6 is 0 Å². The third-order valence-corrected chi connectivity index (χ3v) is 3.77. The summed E-state index contributed by atoms with van der Waals surface area (Å²) in [5.74, 6) is 0.0383. The number of nitrogen functional groups attached to an aromatic ring is 1. The van der Waals surface area contributed by atoms with Crippen molar-refractivity contribution >= 4 is 11.6 Å². The monoisotopic (exact) mass is 246 g/mol. The quantitative estimate of drug-likeness (QED) is 0.765. The Labute approximate surface area is 107 Å². The molecule has 2 atom stereocenters. The lowest BCUT2D eigenvalue weighted by Crippen LogP contribution is -2.46. The van der Waals surface area contributed by atoms with Crippen LogP contribution in [0.4, 0.5) is 5.69 Å². The van der Waals surface area contributed by atoms with Gasteiger partial charge in [0.05, 0.1) is 17.8 Å². The van der Waals surface area contributed by atoms with E-state index in [9.17, 15) is 4.79 Å². The molecule has 0 aliphatic carbocycles. The van der Waals surface area contributed by atoms with Crippen LogP contribution in [0.3, 0.4) is 0 Å². The maximum absolute atomic E-state index is 12.5. The van der Waals surface area contributed by atoms with Crippen molar-refractivity contribution in [2.24, 2.45) is 0 Å². The SMILES string of the molecule is Cc1ccc(N)c(C(=O)N2CC3CCC(C2)O3)c1. The molecule has 96 valence electrons. The second-order valence-electron chi connectivity index (χ2n) is 5.26. The minimum absolute atomic E-state index is 0.0383. The number of morpholine rings is 1. The average molecular weight is 246 g/mol. The lowest BCUT2D eigenvalue weighted by Gasteiger charge is -2.32. The van der Waals surface area contributed by atoms with Gasteiger partial charge in [0.15, 0.2) is 0 Å². The molecule has 18 heavy (non-hydrogen) atoms. The number of anilines is 1. The van der Waals surface area contributed by atoms with Gasteiger partial charge in [-0.1, -0.05) is 11.6 Å². The van der Waals surface area contributed by atoms with E-state index in [1.165, 1.54) is 0 Å². The number of hydrogen-bond donors (Lipinski definition) is 1. The van der Waals surface area contributed by atoms with E-state index in [1.807, 2.05) is 24.0 Å². The topological polar surface area (TPSA) is 55.6 Å². The maximum Gasteiger partial charge on any atom is 0.256 e. The highest BCUT2D eigenvalue weighted by molar-refractivity contribution is 5.99. The van der Waals surface area contributed by atoms with Crippen LogP contribution in [0, 0.1) is 6.92 Å². The molecule has 2 heterocycles. The standard InChI is InChI=1S/C14H18N2O2/c1-9-2-5-13(15)12(6-9)14(17)16-7-10-3-4-11(8-16)18-10/h2,5-6,10-11H,3-4,7-8,15H2,1H3. The van der Waals surface area contributed by atoms with Gasteiger partial charge >= 0.3 is 0 Å². The predicted molar refractivity (Wildman–Crippen MR) is 69.4 cm³/mol. The summed E-state index contributed by atoms with van der Waals surface area (Å²) in [5, 5.41) is 0. The zero-order valence-corrected chi connectivity index (χ0v) is 10.6. The van der Waals surface area contributed by atoms with Gasteiger partial charge in [-0.15, -0.1) is 0 Å². The van der Waals surface area contributed by atoms with Gasteiger partial charge in [0, 0.05) is 18.8 Å². The largest absolute Gasteiger partial charge is 0.398 e. The van der Waals surface area contributed by atoms with E-state index >= 15 is 0 Å². The Morgan fingerprint density at radius 1 is 1.33 bits per heavy atom. The third-order valence-electron chi connectivity index (χ3n) is 3.77. The number of rotatable bonds is 1. The molecular weight excluding hydrogens is 228 g/mol. The van der Waals surface area contributed by atoms with E-state index < -0.39 is 0 Å². The van der Waals surface area contributed by atoms with E-state index in [1.54, 1.807) is 6.07 Å². The molecule has 3 rings (SSSR count). The predicted octanol–water partition coefficient (Wildman–Crippen LogP) is 1.58. The first kappa shape index (κ1) is 11.5. The molecule has 1 aromatic carbocycles. The van der Waals surface area contributed by atoms with Crippen LogP contribution in [0.1, 0.15) is 28.8 Å². The molecule has 2 N–H and O–H groups in total. The number of amides is 1. The average Bonchev–Trinajstić information content (AvgIpc) is 2.70. The molecular formula is C14H18N2O2. The third kappa shape index (κ3) is 1.97. The Balaban J connectivity index is 1.84. The summed E-state index contributed by atoms with van der Waals surface area (Å²) in [6.07, 6.45) is 2.58. The van der Waals surface area contributed by atoms with Crippen LogP contribution < -0.4 is 5.73 Å². The molecule has 4 heteroatoms. The van der Waals surface area contributed by atoms with Crippen molar-refractivity contribution in [1.82, 2.24) is 4.90 Å². The molecule has 2 bridgehead atoms.